The molecule has 0 aromatic carbocycles. The standard InChI is InChI=1S/C9H18N2O/c1-9(2,3)11-4-7-6-12-10-8(7)5-11/h7-8,10H,4-6H2,1-3H3. The van der Waals surface area contributed by atoms with Gasteiger partial charge in [-0.15, -0.1) is 0 Å². The van der Waals surface area contributed by atoms with Crippen LogP contribution in [0.3, 0.4) is 0 Å². The van der Waals surface area contributed by atoms with E-state index in [2.05, 4.69) is 31.2 Å². The molecule has 2 unspecified atom stereocenters. The van der Waals surface area contributed by atoms with Crippen LogP contribution in [0.2, 0.25) is 0 Å². The van der Waals surface area contributed by atoms with Crippen LogP contribution in [0.15, 0.2) is 0 Å². The lowest BCUT2D eigenvalue weighted by atomic mass is 10.1. The minimum Gasteiger partial charge on any atom is -0.301 e. The number of fused-ring (bicyclic) bond motifs is 1. The van der Waals surface area contributed by atoms with Gasteiger partial charge in [-0.1, -0.05) is 0 Å². The normalized spacial score (nSPS) is 37.2. The molecule has 0 aromatic heterocycles. The van der Waals surface area contributed by atoms with Crippen molar-refractivity contribution >= 4 is 0 Å². The number of likely N-dealkylation sites (tertiary alicyclic amines) is 1. The third-order valence-corrected chi connectivity index (χ3v) is 2.92. The van der Waals surface area contributed by atoms with Gasteiger partial charge >= 0.3 is 0 Å². The molecule has 0 bridgehead atoms. The summed E-state index contributed by atoms with van der Waals surface area (Å²) in [5, 5.41) is 0. The topological polar surface area (TPSA) is 24.5 Å². The molecule has 70 valence electrons. The molecule has 2 aliphatic rings. The van der Waals surface area contributed by atoms with Gasteiger partial charge in [0.2, 0.25) is 0 Å². The van der Waals surface area contributed by atoms with E-state index in [-0.39, 0.29) is 0 Å². The largest absolute Gasteiger partial charge is 0.301 e. The second-order valence-electron chi connectivity index (χ2n) is 4.87. The van der Waals surface area contributed by atoms with Crippen LogP contribution in [0.1, 0.15) is 20.8 Å². The second kappa shape index (κ2) is 2.69. The van der Waals surface area contributed by atoms with Gasteiger partial charge in [0, 0.05) is 24.5 Å². The molecule has 0 aliphatic carbocycles. The summed E-state index contributed by atoms with van der Waals surface area (Å²) in [5.41, 5.74) is 3.39. The fourth-order valence-corrected chi connectivity index (χ4v) is 1.98. The zero-order valence-electron chi connectivity index (χ0n) is 8.13. The quantitative estimate of drug-likeness (QED) is 0.577. The van der Waals surface area contributed by atoms with E-state index >= 15 is 0 Å². The second-order valence-corrected chi connectivity index (χ2v) is 4.87. The zero-order chi connectivity index (χ0) is 8.77. The molecular formula is C9H18N2O. The fourth-order valence-electron chi connectivity index (χ4n) is 1.98. The van der Waals surface area contributed by atoms with Gasteiger partial charge in [-0.3, -0.25) is 4.90 Å². The highest BCUT2D eigenvalue weighted by molar-refractivity contribution is 4.94. The van der Waals surface area contributed by atoms with Gasteiger partial charge in [-0.05, 0) is 20.8 Å². The Bertz CT molecular complexity index is 164. The summed E-state index contributed by atoms with van der Waals surface area (Å²) in [4.78, 5) is 7.72. The first-order chi connectivity index (χ1) is 5.57. The Morgan fingerprint density at radius 3 is 2.67 bits per heavy atom. The summed E-state index contributed by atoms with van der Waals surface area (Å²) in [5.74, 6) is 0.712. The van der Waals surface area contributed by atoms with Gasteiger partial charge in [0.25, 0.3) is 0 Å². The van der Waals surface area contributed by atoms with Crippen molar-refractivity contribution in [3.05, 3.63) is 0 Å². The highest BCUT2D eigenvalue weighted by Gasteiger charge is 2.40. The highest BCUT2D eigenvalue weighted by atomic mass is 16.7. The van der Waals surface area contributed by atoms with Gasteiger partial charge in [0.1, 0.15) is 0 Å². The summed E-state index contributed by atoms with van der Waals surface area (Å²) in [6.07, 6.45) is 0. The van der Waals surface area contributed by atoms with Crippen LogP contribution in [-0.2, 0) is 4.84 Å². The monoisotopic (exact) mass is 170 g/mol. The molecule has 0 radical (unpaired) electrons. The summed E-state index contributed by atoms with van der Waals surface area (Å²) in [7, 11) is 0. The molecule has 2 atom stereocenters. The summed E-state index contributed by atoms with van der Waals surface area (Å²) >= 11 is 0. The maximum Gasteiger partial charge on any atom is 0.0739 e. The number of hydrogen-bond donors (Lipinski definition) is 1. The van der Waals surface area contributed by atoms with Crippen LogP contribution in [-0.4, -0.2) is 36.2 Å². The van der Waals surface area contributed by atoms with Crippen molar-refractivity contribution in [2.45, 2.75) is 32.4 Å². The molecule has 2 aliphatic heterocycles. The van der Waals surface area contributed by atoms with E-state index in [9.17, 15) is 0 Å². The van der Waals surface area contributed by atoms with Crippen LogP contribution >= 0.6 is 0 Å². The lowest BCUT2D eigenvalue weighted by Crippen LogP contribution is -2.41. The Kier molecular flexibility index (Phi) is 1.90. The van der Waals surface area contributed by atoms with E-state index in [0.717, 1.165) is 13.2 Å². The fraction of sp³-hybridized carbons (Fsp3) is 1.00. The van der Waals surface area contributed by atoms with E-state index in [4.69, 9.17) is 4.84 Å². The van der Waals surface area contributed by atoms with Gasteiger partial charge in [0.15, 0.2) is 0 Å². The Morgan fingerprint density at radius 1 is 1.33 bits per heavy atom. The van der Waals surface area contributed by atoms with E-state index < -0.39 is 0 Å². The van der Waals surface area contributed by atoms with Crippen molar-refractivity contribution in [2.75, 3.05) is 19.7 Å². The number of nitrogens with zero attached hydrogens (tertiary/aromatic N) is 1. The van der Waals surface area contributed by atoms with Crippen LogP contribution < -0.4 is 5.48 Å². The van der Waals surface area contributed by atoms with Gasteiger partial charge in [-0.2, -0.15) is 5.48 Å². The molecule has 2 saturated heterocycles. The average Bonchev–Trinajstić information content (AvgIpc) is 2.37. The van der Waals surface area contributed by atoms with Crippen molar-refractivity contribution in [1.29, 1.82) is 0 Å². The first kappa shape index (κ1) is 8.48. The van der Waals surface area contributed by atoms with Crippen LogP contribution in [0.4, 0.5) is 0 Å². The summed E-state index contributed by atoms with van der Waals surface area (Å²) < 4.78 is 0. The summed E-state index contributed by atoms with van der Waals surface area (Å²) in [6, 6.07) is 0.573. The Balaban J connectivity index is 1.99. The van der Waals surface area contributed by atoms with Crippen LogP contribution in [0, 0.1) is 5.92 Å². The number of hydrogen-bond acceptors (Lipinski definition) is 3. The number of hydroxylamine groups is 1. The first-order valence-corrected chi connectivity index (χ1v) is 4.70. The number of rotatable bonds is 0. The van der Waals surface area contributed by atoms with E-state index in [1.165, 1.54) is 6.54 Å². The molecule has 12 heavy (non-hydrogen) atoms. The Labute approximate surface area is 74.0 Å². The average molecular weight is 170 g/mol. The minimum absolute atomic E-state index is 0.312. The molecule has 0 amide bonds. The van der Waals surface area contributed by atoms with Gasteiger partial charge in [-0.25, -0.2) is 0 Å². The lowest BCUT2D eigenvalue weighted by molar-refractivity contribution is 0.0574. The molecule has 0 spiro atoms. The van der Waals surface area contributed by atoms with E-state index in [0.29, 0.717) is 17.5 Å². The van der Waals surface area contributed by atoms with E-state index in [1.807, 2.05) is 0 Å². The number of nitrogens with one attached hydrogen (secondary N) is 1. The van der Waals surface area contributed by atoms with Crippen LogP contribution in [0.5, 0.6) is 0 Å². The van der Waals surface area contributed by atoms with Crippen molar-refractivity contribution in [2.24, 2.45) is 5.92 Å². The SMILES string of the molecule is CC(C)(C)N1CC2CONC2C1. The van der Waals surface area contributed by atoms with E-state index in [1.54, 1.807) is 0 Å². The highest BCUT2D eigenvalue weighted by Crippen LogP contribution is 2.27. The van der Waals surface area contributed by atoms with Crippen LogP contribution in [0.25, 0.3) is 0 Å². The Morgan fingerprint density at radius 2 is 2.08 bits per heavy atom. The minimum atomic E-state index is 0.312. The van der Waals surface area contributed by atoms with Crippen molar-refractivity contribution in [3.63, 3.8) is 0 Å². The van der Waals surface area contributed by atoms with Gasteiger partial charge < -0.3 is 4.84 Å². The smallest absolute Gasteiger partial charge is 0.0739 e. The predicted octanol–water partition coefficient (Wildman–Crippen LogP) is 0.620. The molecule has 1 N–H and O–H groups in total. The molecule has 3 heteroatoms. The first-order valence-electron chi connectivity index (χ1n) is 4.70. The Hall–Kier alpha value is -0.120. The predicted molar refractivity (Wildman–Crippen MR) is 47.7 cm³/mol. The third-order valence-electron chi connectivity index (χ3n) is 2.92. The third kappa shape index (κ3) is 1.37. The van der Waals surface area contributed by atoms with Crippen molar-refractivity contribution < 1.29 is 4.84 Å². The maximum absolute atomic E-state index is 5.20. The molecule has 2 heterocycles. The molecule has 3 nitrogen and oxygen atoms in total. The zero-order valence-corrected chi connectivity index (χ0v) is 8.13. The molecule has 0 aromatic rings. The molecule has 2 fully saturated rings. The lowest BCUT2D eigenvalue weighted by Gasteiger charge is -2.32. The molecular weight excluding hydrogens is 152 g/mol. The van der Waals surface area contributed by atoms with Crippen molar-refractivity contribution in [1.82, 2.24) is 10.4 Å². The summed E-state index contributed by atoms with van der Waals surface area (Å²) in [6.45, 7) is 10.0. The van der Waals surface area contributed by atoms with Crippen molar-refractivity contribution in [3.8, 4) is 0 Å². The molecule has 0 saturated carbocycles. The van der Waals surface area contributed by atoms with Gasteiger partial charge in [0.05, 0.1) is 12.6 Å². The maximum atomic E-state index is 5.20. The molecule has 2 rings (SSSR count).